The molecular formula is C11H18N2O7PS-. The number of carbonyl (C=O) groups excluding carboxylic acids is 3. The normalized spacial score (nSPS) is 21.0. The first-order valence-corrected chi connectivity index (χ1v) is 9.20. The maximum Gasteiger partial charge on any atom is 0.267 e. The molecule has 0 aromatic rings. The Morgan fingerprint density at radius 2 is 2.23 bits per heavy atom. The lowest BCUT2D eigenvalue weighted by molar-refractivity contribution is -0.222. The summed E-state index contributed by atoms with van der Waals surface area (Å²) in [6.45, 7) is -0.264. The van der Waals surface area contributed by atoms with Gasteiger partial charge in [-0.2, -0.15) is 11.8 Å². The lowest BCUT2D eigenvalue weighted by Gasteiger charge is -2.20. The van der Waals surface area contributed by atoms with E-state index in [1.54, 1.807) is 6.26 Å². The number of phosphoric ester groups is 1. The summed E-state index contributed by atoms with van der Waals surface area (Å²) in [7, 11) is -3.32. The van der Waals surface area contributed by atoms with Crippen molar-refractivity contribution in [1.29, 1.82) is 0 Å². The number of nitrogens with zero attached hydrogens (tertiary/aromatic N) is 1. The first kappa shape index (κ1) is 19.1. The van der Waals surface area contributed by atoms with Crippen molar-refractivity contribution in [2.24, 2.45) is 0 Å². The topological polar surface area (TPSA) is 125 Å². The van der Waals surface area contributed by atoms with E-state index in [1.807, 2.05) is 0 Å². The maximum atomic E-state index is 11.8. The number of hydrogen-bond acceptors (Lipinski definition) is 8. The van der Waals surface area contributed by atoms with Crippen molar-refractivity contribution in [2.75, 3.05) is 33.1 Å². The van der Waals surface area contributed by atoms with Gasteiger partial charge in [0.2, 0.25) is 17.7 Å². The molecule has 0 aromatic heterocycles. The summed E-state index contributed by atoms with van der Waals surface area (Å²) in [4.78, 5) is 46.9. The number of imide groups is 1. The minimum atomic E-state index is -4.29. The molecule has 3 amide bonds. The zero-order chi connectivity index (χ0) is 16.8. The van der Waals surface area contributed by atoms with Crippen LogP contribution < -0.4 is 10.2 Å². The van der Waals surface area contributed by atoms with Crippen LogP contribution in [0.1, 0.15) is 12.8 Å². The van der Waals surface area contributed by atoms with Crippen molar-refractivity contribution in [2.45, 2.75) is 18.1 Å². The van der Waals surface area contributed by atoms with Gasteiger partial charge in [0.1, 0.15) is 0 Å². The molecule has 0 spiro atoms. The third kappa shape index (κ3) is 5.69. The molecule has 1 aliphatic rings. The van der Waals surface area contributed by atoms with Crippen molar-refractivity contribution in [3.63, 3.8) is 0 Å². The second kappa shape index (κ2) is 8.64. The number of hydrogen-bond donors (Lipinski definition) is 1. The first-order valence-electron chi connectivity index (χ1n) is 6.45. The molecule has 2 atom stereocenters. The molecule has 1 N–H and O–H groups in total. The minimum Gasteiger partial charge on any atom is -0.756 e. The highest BCUT2D eigenvalue weighted by Crippen LogP contribution is 2.36. The van der Waals surface area contributed by atoms with E-state index < -0.39 is 13.7 Å². The van der Waals surface area contributed by atoms with Crippen molar-refractivity contribution < 1.29 is 32.9 Å². The van der Waals surface area contributed by atoms with Gasteiger partial charge < -0.3 is 19.3 Å². The van der Waals surface area contributed by atoms with E-state index in [0.717, 1.165) is 12.0 Å². The summed E-state index contributed by atoms with van der Waals surface area (Å²) < 4.78 is 19.4. The van der Waals surface area contributed by atoms with Crippen LogP contribution in [0.3, 0.4) is 0 Å². The Morgan fingerprint density at radius 1 is 1.55 bits per heavy atom. The highest BCUT2D eigenvalue weighted by atomic mass is 32.2. The molecule has 22 heavy (non-hydrogen) atoms. The Bertz CT molecular complexity index is 487. The molecule has 1 rings (SSSR count). The van der Waals surface area contributed by atoms with Crippen LogP contribution in [0.25, 0.3) is 0 Å². The highest BCUT2D eigenvalue weighted by molar-refractivity contribution is 8.00. The van der Waals surface area contributed by atoms with Gasteiger partial charge in [0.25, 0.3) is 7.82 Å². The molecule has 1 fully saturated rings. The van der Waals surface area contributed by atoms with E-state index in [4.69, 9.17) is 0 Å². The fraction of sp³-hybridized carbons (Fsp3) is 0.727. The van der Waals surface area contributed by atoms with Gasteiger partial charge in [-0.3, -0.25) is 23.8 Å². The van der Waals surface area contributed by atoms with Crippen LogP contribution in [-0.4, -0.2) is 60.9 Å². The van der Waals surface area contributed by atoms with Gasteiger partial charge in [0.15, 0.2) is 0 Å². The number of amides is 3. The zero-order valence-electron chi connectivity index (χ0n) is 12.3. The Balaban J connectivity index is 2.25. The van der Waals surface area contributed by atoms with Crippen LogP contribution in [-0.2, 0) is 28.0 Å². The molecule has 11 heteroatoms. The van der Waals surface area contributed by atoms with Gasteiger partial charge in [0, 0.05) is 33.0 Å². The average Bonchev–Trinajstić information content (AvgIpc) is 2.76. The predicted octanol–water partition coefficient (Wildman–Crippen LogP) is -0.885. The van der Waals surface area contributed by atoms with Crippen LogP contribution >= 0.6 is 19.6 Å². The molecule has 0 bridgehead atoms. The summed E-state index contributed by atoms with van der Waals surface area (Å²) in [6.07, 6.45) is 1.87. The Hall–Kier alpha value is -0.930. The summed E-state index contributed by atoms with van der Waals surface area (Å²) in [5.74, 6) is -0.969. The molecular weight excluding hydrogens is 335 g/mol. The Kier molecular flexibility index (Phi) is 7.51. The smallest absolute Gasteiger partial charge is 0.267 e. The van der Waals surface area contributed by atoms with E-state index >= 15 is 0 Å². The number of phosphoric acid groups is 1. The quantitative estimate of drug-likeness (QED) is 0.322. The number of thioether (sulfide) groups is 1. The van der Waals surface area contributed by atoms with Crippen LogP contribution in [0.5, 0.6) is 0 Å². The monoisotopic (exact) mass is 353 g/mol. The first-order chi connectivity index (χ1) is 10.3. The highest BCUT2D eigenvalue weighted by Gasteiger charge is 2.37. The SMILES string of the molecule is COP(=O)([O-])OCCNC(=O)CCN1C(=O)CC(SC)C1=O. The van der Waals surface area contributed by atoms with Crippen LogP contribution in [0.15, 0.2) is 0 Å². The molecule has 0 aromatic carbocycles. The van der Waals surface area contributed by atoms with Gasteiger partial charge in [-0.25, -0.2) is 0 Å². The lowest BCUT2D eigenvalue weighted by atomic mass is 10.3. The van der Waals surface area contributed by atoms with E-state index in [2.05, 4.69) is 14.4 Å². The minimum absolute atomic E-state index is 0.0134. The summed E-state index contributed by atoms with van der Waals surface area (Å²) >= 11 is 1.31. The predicted molar refractivity (Wildman–Crippen MR) is 76.8 cm³/mol. The van der Waals surface area contributed by atoms with E-state index in [9.17, 15) is 23.8 Å². The largest absolute Gasteiger partial charge is 0.756 e. The number of nitrogens with one attached hydrogen (secondary N) is 1. The van der Waals surface area contributed by atoms with Gasteiger partial charge in [-0.1, -0.05) is 0 Å². The fourth-order valence-corrected chi connectivity index (χ4v) is 2.83. The van der Waals surface area contributed by atoms with Crippen molar-refractivity contribution in [3.8, 4) is 0 Å². The standard InChI is InChI=1S/C11H19N2O7PS/c1-19-21(17,18)20-6-4-12-9(14)3-5-13-10(15)7-8(22-2)11(13)16/h8H,3-7H2,1-2H3,(H,12,14)(H,17,18)/p-1. The molecule has 0 saturated carbocycles. The molecule has 1 aliphatic heterocycles. The van der Waals surface area contributed by atoms with Crippen molar-refractivity contribution in [1.82, 2.24) is 10.2 Å². The van der Waals surface area contributed by atoms with E-state index in [-0.39, 0.29) is 49.6 Å². The third-order valence-corrected chi connectivity index (χ3v) is 4.83. The van der Waals surface area contributed by atoms with Crippen LogP contribution in [0.4, 0.5) is 0 Å². The van der Waals surface area contributed by atoms with Gasteiger partial charge in [-0.05, 0) is 6.26 Å². The van der Waals surface area contributed by atoms with Crippen molar-refractivity contribution in [3.05, 3.63) is 0 Å². The zero-order valence-corrected chi connectivity index (χ0v) is 14.0. The molecule has 9 nitrogen and oxygen atoms in total. The molecule has 1 saturated heterocycles. The molecule has 1 heterocycles. The van der Waals surface area contributed by atoms with Gasteiger partial charge in [0.05, 0.1) is 11.9 Å². The molecule has 2 unspecified atom stereocenters. The maximum absolute atomic E-state index is 11.8. The fourth-order valence-electron chi connectivity index (χ4n) is 1.77. The van der Waals surface area contributed by atoms with E-state index in [1.165, 1.54) is 11.8 Å². The van der Waals surface area contributed by atoms with Crippen LogP contribution in [0.2, 0.25) is 0 Å². The second-order valence-corrected chi connectivity index (χ2v) is 6.93. The lowest BCUT2D eigenvalue weighted by Crippen LogP contribution is -2.36. The van der Waals surface area contributed by atoms with Crippen LogP contribution in [0, 0.1) is 0 Å². The average molecular weight is 353 g/mol. The second-order valence-electron chi connectivity index (χ2n) is 4.38. The Morgan fingerprint density at radius 3 is 2.77 bits per heavy atom. The Labute approximate surface area is 132 Å². The number of carbonyl (C=O) groups is 3. The summed E-state index contributed by atoms with van der Waals surface area (Å²) in [6, 6.07) is 0. The molecule has 0 aliphatic carbocycles. The van der Waals surface area contributed by atoms with E-state index in [0.29, 0.717) is 0 Å². The van der Waals surface area contributed by atoms with Gasteiger partial charge in [-0.15, -0.1) is 0 Å². The third-order valence-electron chi connectivity index (χ3n) is 2.95. The van der Waals surface area contributed by atoms with Gasteiger partial charge >= 0.3 is 0 Å². The number of rotatable bonds is 9. The summed E-state index contributed by atoms with van der Waals surface area (Å²) in [5, 5.41) is 2.05. The molecule has 126 valence electrons. The number of likely N-dealkylation sites (tertiary alicyclic amines) is 1. The molecule has 0 radical (unpaired) electrons. The summed E-state index contributed by atoms with van der Waals surface area (Å²) in [5.41, 5.74) is 0. The van der Waals surface area contributed by atoms with Crippen molar-refractivity contribution >= 4 is 37.3 Å².